The summed E-state index contributed by atoms with van der Waals surface area (Å²) in [6, 6.07) is 4.51. The van der Waals surface area contributed by atoms with E-state index in [1.165, 1.54) is 18.6 Å². The number of hydrogen-bond acceptors (Lipinski definition) is 4. The van der Waals surface area contributed by atoms with E-state index in [0.717, 1.165) is 25.2 Å². The lowest BCUT2D eigenvalue weighted by Crippen LogP contribution is -2.34. The third-order valence-electron chi connectivity index (χ3n) is 3.85. The van der Waals surface area contributed by atoms with Crippen LogP contribution in [0.25, 0.3) is 0 Å². The SMILES string of the molecule is CN1CCC(CN(C)Cc2ccc(F)c(B(O)O)c2)C1. The Morgan fingerprint density at radius 1 is 1.45 bits per heavy atom. The molecule has 20 heavy (non-hydrogen) atoms. The zero-order valence-electron chi connectivity index (χ0n) is 12.1. The van der Waals surface area contributed by atoms with Crippen molar-refractivity contribution >= 4 is 12.6 Å². The van der Waals surface area contributed by atoms with Gasteiger partial charge in [0, 0.05) is 25.1 Å². The highest BCUT2D eigenvalue weighted by molar-refractivity contribution is 6.58. The lowest BCUT2D eigenvalue weighted by Gasteiger charge is -2.21. The van der Waals surface area contributed by atoms with Crippen LogP contribution in [0.5, 0.6) is 0 Å². The Balaban J connectivity index is 1.94. The van der Waals surface area contributed by atoms with Gasteiger partial charge < -0.3 is 19.8 Å². The highest BCUT2D eigenvalue weighted by Crippen LogP contribution is 2.16. The van der Waals surface area contributed by atoms with Crippen LogP contribution in [0.15, 0.2) is 18.2 Å². The molecule has 110 valence electrons. The topological polar surface area (TPSA) is 46.9 Å². The Bertz CT molecular complexity index is 459. The molecule has 2 rings (SSSR count). The maximum absolute atomic E-state index is 13.4. The second-order valence-corrected chi connectivity index (χ2v) is 5.84. The normalized spacial score (nSPS) is 19.8. The quantitative estimate of drug-likeness (QED) is 0.739. The van der Waals surface area contributed by atoms with Gasteiger partial charge in [-0.2, -0.15) is 0 Å². The first-order valence-corrected chi connectivity index (χ1v) is 6.97. The van der Waals surface area contributed by atoms with E-state index in [1.807, 2.05) is 7.05 Å². The molecule has 1 saturated heterocycles. The third kappa shape index (κ3) is 4.02. The third-order valence-corrected chi connectivity index (χ3v) is 3.85. The average Bonchev–Trinajstić information content (AvgIpc) is 2.76. The highest BCUT2D eigenvalue weighted by atomic mass is 19.1. The van der Waals surface area contributed by atoms with Crippen molar-refractivity contribution < 1.29 is 14.4 Å². The van der Waals surface area contributed by atoms with Crippen molar-refractivity contribution in [3.8, 4) is 0 Å². The van der Waals surface area contributed by atoms with E-state index in [-0.39, 0.29) is 5.46 Å². The lowest BCUT2D eigenvalue weighted by atomic mass is 9.79. The standard InChI is InChI=1S/C14H22BFN2O2/c1-17-6-5-12(9-17)10-18(2)8-11-3-4-14(16)13(7-11)15(19)20/h3-4,7,12,19-20H,5-6,8-10H2,1-2H3. The van der Waals surface area contributed by atoms with Crippen molar-refractivity contribution in [1.82, 2.24) is 9.80 Å². The molecule has 0 bridgehead atoms. The molecule has 1 atom stereocenters. The molecule has 1 aromatic carbocycles. The van der Waals surface area contributed by atoms with Crippen molar-refractivity contribution in [1.29, 1.82) is 0 Å². The van der Waals surface area contributed by atoms with Crippen molar-refractivity contribution in [2.45, 2.75) is 13.0 Å². The fraction of sp³-hybridized carbons (Fsp3) is 0.571. The molecule has 1 heterocycles. The van der Waals surface area contributed by atoms with Crippen LogP contribution in [-0.4, -0.2) is 60.7 Å². The Morgan fingerprint density at radius 3 is 2.80 bits per heavy atom. The minimum Gasteiger partial charge on any atom is -0.423 e. The minimum atomic E-state index is -1.76. The first-order valence-electron chi connectivity index (χ1n) is 6.97. The monoisotopic (exact) mass is 280 g/mol. The van der Waals surface area contributed by atoms with Gasteiger partial charge in [-0.25, -0.2) is 4.39 Å². The van der Waals surface area contributed by atoms with Crippen molar-refractivity contribution in [2.24, 2.45) is 5.92 Å². The van der Waals surface area contributed by atoms with E-state index >= 15 is 0 Å². The summed E-state index contributed by atoms with van der Waals surface area (Å²) >= 11 is 0. The van der Waals surface area contributed by atoms with Crippen LogP contribution in [0, 0.1) is 11.7 Å². The fourth-order valence-corrected chi connectivity index (χ4v) is 2.88. The van der Waals surface area contributed by atoms with Crippen molar-refractivity contribution in [3.05, 3.63) is 29.6 Å². The van der Waals surface area contributed by atoms with Crippen LogP contribution >= 0.6 is 0 Å². The summed E-state index contributed by atoms with van der Waals surface area (Å²) in [5.41, 5.74) is 0.833. The molecular weight excluding hydrogens is 258 g/mol. The average molecular weight is 280 g/mol. The summed E-state index contributed by atoms with van der Waals surface area (Å²) in [5.74, 6) is 0.0946. The first kappa shape index (κ1) is 15.4. The molecule has 2 N–H and O–H groups in total. The predicted octanol–water partition coefficient (Wildman–Crippen LogP) is -0.111. The maximum Gasteiger partial charge on any atom is 0.491 e. The van der Waals surface area contributed by atoms with Gasteiger partial charge in [-0.1, -0.05) is 12.1 Å². The molecule has 1 aliphatic rings. The Morgan fingerprint density at radius 2 is 2.20 bits per heavy atom. The van der Waals surface area contributed by atoms with Gasteiger partial charge in [0.2, 0.25) is 0 Å². The number of likely N-dealkylation sites (tertiary alicyclic amines) is 1. The van der Waals surface area contributed by atoms with Crippen LogP contribution in [-0.2, 0) is 6.54 Å². The van der Waals surface area contributed by atoms with Crippen LogP contribution in [0.3, 0.4) is 0 Å². The molecule has 0 aromatic heterocycles. The van der Waals surface area contributed by atoms with Crippen LogP contribution in [0.4, 0.5) is 4.39 Å². The molecule has 0 spiro atoms. The summed E-state index contributed by atoms with van der Waals surface area (Å²) in [6.45, 7) is 3.95. The number of benzene rings is 1. The van der Waals surface area contributed by atoms with E-state index in [4.69, 9.17) is 10.0 Å². The number of rotatable bonds is 5. The van der Waals surface area contributed by atoms with Gasteiger partial charge >= 0.3 is 7.12 Å². The largest absolute Gasteiger partial charge is 0.491 e. The molecule has 0 radical (unpaired) electrons. The summed E-state index contributed by atoms with van der Waals surface area (Å²) in [5, 5.41) is 18.2. The van der Waals surface area contributed by atoms with Crippen molar-refractivity contribution in [2.75, 3.05) is 33.7 Å². The van der Waals surface area contributed by atoms with E-state index < -0.39 is 12.9 Å². The second kappa shape index (κ2) is 6.67. The molecule has 1 aliphatic heterocycles. The van der Waals surface area contributed by atoms with Crippen LogP contribution < -0.4 is 5.46 Å². The molecule has 0 amide bonds. The van der Waals surface area contributed by atoms with Gasteiger partial charge in [-0.3, -0.25) is 0 Å². The number of halogens is 1. The van der Waals surface area contributed by atoms with Gasteiger partial charge in [0.1, 0.15) is 5.82 Å². The zero-order chi connectivity index (χ0) is 14.7. The van der Waals surface area contributed by atoms with Gasteiger partial charge in [0.15, 0.2) is 0 Å². The molecule has 0 aliphatic carbocycles. The molecule has 1 aromatic rings. The van der Waals surface area contributed by atoms with E-state index in [0.29, 0.717) is 12.5 Å². The fourth-order valence-electron chi connectivity index (χ4n) is 2.88. The summed E-state index contributed by atoms with van der Waals surface area (Å²) in [6.07, 6.45) is 1.21. The lowest BCUT2D eigenvalue weighted by molar-refractivity contribution is 0.267. The Hall–Kier alpha value is -0.945. The van der Waals surface area contributed by atoms with Gasteiger partial charge in [0.05, 0.1) is 0 Å². The van der Waals surface area contributed by atoms with Gasteiger partial charge in [-0.05, 0) is 44.6 Å². The molecule has 1 unspecified atom stereocenters. The molecule has 6 heteroatoms. The van der Waals surface area contributed by atoms with E-state index in [2.05, 4.69) is 16.8 Å². The summed E-state index contributed by atoms with van der Waals surface area (Å²) in [7, 11) is 2.41. The number of hydrogen-bond donors (Lipinski definition) is 2. The van der Waals surface area contributed by atoms with E-state index in [9.17, 15) is 4.39 Å². The summed E-state index contributed by atoms with van der Waals surface area (Å²) in [4.78, 5) is 4.53. The molecule has 1 fully saturated rings. The Kier molecular flexibility index (Phi) is 5.15. The number of nitrogens with zero attached hydrogens (tertiary/aromatic N) is 2. The summed E-state index contributed by atoms with van der Waals surface area (Å²) < 4.78 is 13.4. The molecular formula is C14H22BFN2O2. The van der Waals surface area contributed by atoms with Crippen molar-refractivity contribution in [3.63, 3.8) is 0 Å². The minimum absolute atomic E-state index is 0.0588. The molecule has 4 nitrogen and oxygen atoms in total. The van der Waals surface area contributed by atoms with Crippen LogP contribution in [0.1, 0.15) is 12.0 Å². The van der Waals surface area contributed by atoms with E-state index in [1.54, 1.807) is 6.07 Å². The van der Waals surface area contributed by atoms with Gasteiger partial charge in [0.25, 0.3) is 0 Å². The highest BCUT2D eigenvalue weighted by Gasteiger charge is 2.21. The second-order valence-electron chi connectivity index (χ2n) is 5.84. The molecule has 0 saturated carbocycles. The zero-order valence-corrected chi connectivity index (χ0v) is 12.1. The first-order chi connectivity index (χ1) is 9.45. The Labute approximate surface area is 120 Å². The van der Waals surface area contributed by atoms with Crippen LogP contribution in [0.2, 0.25) is 0 Å². The smallest absolute Gasteiger partial charge is 0.423 e. The maximum atomic E-state index is 13.4. The predicted molar refractivity (Wildman–Crippen MR) is 78.2 cm³/mol. The van der Waals surface area contributed by atoms with Gasteiger partial charge in [-0.15, -0.1) is 0 Å².